The van der Waals surface area contributed by atoms with Crippen LogP contribution in [0.15, 0.2) is 45.4 Å². The lowest BCUT2D eigenvalue weighted by Crippen LogP contribution is -2.21. The van der Waals surface area contributed by atoms with Crippen LogP contribution in [-0.2, 0) is 19.6 Å². The predicted octanol–water partition coefficient (Wildman–Crippen LogP) is 3.85. The first kappa shape index (κ1) is 21.1. The average molecular weight is 471 g/mol. The van der Waals surface area contributed by atoms with Gasteiger partial charge in [-0.25, -0.2) is 0 Å². The maximum absolute atomic E-state index is 13.4. The molecule has 0 fully saturated rings. The number of aryl methyl sites for hydroxylation is 1. The van der Waals surface area contributed by atoms with Crippen LogP contribution < -0.4 is 11.5 Å². The Morgan fingerprint density at radius 2 is 2.00 bits per heavy atom. The van der Waals surface area contributed by atoms with Gasteiger partial charge in [-0.05, 0) is 46.6 Å². The summed E-state index contributed by atoms with van der Waals surface area (Å²) in [6, 6.07) is 6.94. The van der Waals surface area contributed by atoms with Gasteiger partial charge in [0.15, 0.2) is 11.5 Å². The van der Waals surface area contributed by atoms with Gasteiger partial charge in [-0.2, -0.15) is 18.3 Å². The van der Waals surface area contributed by atoms with Crippen molar-refractivity contribution >= 4 is 21.8 Å². The van der Waals surface area contributed by atoms with E-state index in [1.807, 2.05) is 0 Å². The quantitative estimate of drug-likeness (QED) is 0.571. The van der Waals surface area contributed by atoms with E-state index in [1.54, 1.807) is 19.3 Å². The summed E-state index contributed by atoms with van der Waals surface area (Å²) in [5, 5.41) is 4.06. The SMILES string of the molecule is Cn1nccc1-c1oc(C(N)=O)c([C@@H](CN)Cc2ccccc2C(F)(F)F)c1Br. The Hall–Kier alpha value is -2.59. The Balaban J connectivity index is 2.10. The standard InChI is InChI=1S/C19H18BrF3N4O2/c1-27-13(6-7-26-27)16-15(20)14(17(29-16)18(25)28)11(9-24)8-10-4-2-3-5-12(10)19(21,22)23/h2-7,11H,8-9,24H2,1H3,(H2,25,28)/t11-/m1/s1. The third kappa shape index (κ3) is 4.08. The summed E-state index contributed by atoms with van der Waals surface area (Å²) in [6.45, 7) is -0.0184. The molecule has 29 heavy (non-hydrogen) atoms. The van der Waals surface area contributed by atoms with E-state index in [1.165, 1.54) is 22.9 Å². The van der Waals surface area contributed by atoms with Gasteiger partial charge < -0.3 is 15.9 Å². The van der Waals surface area contributed by atoms with Crippen molar-refractivity contribution in [3.05, 3.63) is 63.5 Å². The number of nitrogens with two attached hydrogens (primary N) is 2. The van der Waals surface area contributed by atoms with Crippen molar-refractivity contribution in [2.45, 2.75) is 18.5 Å². The van der Waals surface area contributed by atoms with Crippen molar-refractivity contribution in [1.82, 2.24) is 9.78 Å². The van der Waals surface area contributed by atoms with Crippen molar-refractivity contribution in [2.75, 3.05) is 6.54 Å². The number of rotatable bonds is 6. The molecule has 1 amide bonds. The Labute approximate surface area is 172 Å². The number of carbonyl (C=O) groups excluding carboxylic acids is 1. The van der Waals surface area contributed by atoms with E-state index in [-0.39, 0.29) is 24.3 Å². The summed E-state index contributed by atoms with van der Waals surface area (Å²) in [5.41, 5.74) is 11.6. The normalized spacial score (nSPS) is 12.9. The number of furan rings is 1. The molecule has 3 aromatic rings. The highest BCUT2D eigenvalue weighted by Gasteiger charge is 2.35. The number of hydrogen-bond acceptors (Lipinski definition) is 4. The van der Waals surface area contributed by atoms with Gasteiger partial charge in [0.25, 0.3) is 5.91 Å². The van der Waals surface area contributed by atoms with Gasteiger partial charge in [0.2, 0.25) is 0 Å². The Morgan fingerprint density at radius 1 is 1.31 bits per heavy atom. The van der Waals surface area contributed by atoms with E-state index < -0.39 is 23.6 Å². The molecule has 0 aliphatic rings. The number of carbonyl (C=O) groups is 1. The van der Waals surface area contributed by atoms with Crippen LogP contribution in [0, 0.1) is 0 Å². The fourth-order valence-electron chi connectivity index (χ4n) is 3.28. The zero-order valence-corrected chi connectivity index (χ0v) is 16.9. The molecule has 0 aliphatic carbocycles. The van der Waals surface area contributed by atoms with Crippen LogP contribution in [0.1, 0.15) is 33.2 Å². The van der Waals surface area contributed by atoms with Crippen LogP contribution in [0.25, 0.3) is 11.5 Å². The topological polar surface area (TPSA) is 100 Å². The molecule has 0 spiro atoms. The monoisotopic (exact) mass is 470 g/mol. The summed E-state index contributed by atoms with van der Waals surface area (Å²) < 4.78 is 47.8. The number of amides is 1. The molecular formula is C19H18BrF3N4O2. The summed E-state index contributed by atoms with van der Waals surface area (Å²) in [4.78, 5) is 12.0. The summed E-state index contributed by atoms with van der Waals surface area (Å²) in [5.74, 6) is -1.32. The maximum Gasteiger partial charge on any atom is 0.416 e. The van der Waals surface area contributed by atoms with Gasteiger partial charge in [0, 0.05) is 24.7 Å². The fraction of sp³-hybridized carbons (Fsp3) is 0.263. The van der Waals surface area contributed by atoms with Gasteiger partial charge >= 0.3 is 6.18 Å². The van der Waals surface area contributed by atoms with Gasteiger partial charge in [0.05, 0.1) is 10.0 Å². The second-order valence-electron chi connectivity index (χ2n) is 6.48. The zero-order valence-electron chi connectivity index (χ0n) is 15.3. The Bertz CT molecular complexity index is 1040. The third-order valence-corrected chi connectivity index (χ3v) is 5.43. The lowest BCUT2D eigenvalue weighted by Gasteiger charge is -2.19. The third-order valence-electron chi connectivity index (χ3n) is 4.64. The van der Waals surface area contributed by atoms with Crippen molar-refractivity contribution in [1.29, 1.82) is 0 Å². The van der Waals surface area contributed by atoms with Crippen LogP contribution in [0.2, 0.25) is 0 Å². The first-order valence-corrected chi connectivity index (χ1v) is 9.40. The zero-order chi connectivity index (χ0) is 21.3. The summed E-state index contributed by atoms with van der Waals surface area (Å²) in [6.07, 6.45) is -3.00. The van der Waals surface area contributed by atoms with Crippen LogP contribution in [0.4, 0.5) is 13.2 Å². The van der Waals surface area contributed by atoms with E-state index in [9.17, 15) is 18.0 Å². The molecule has 0 saturated carbocycles. The molecule has 0 unspecified atom stereocenters. The smallest absolute Gasteiger partial charge is 0.416 e. The lowest BCUT2D eigenvalue weighted by molar-refractivity contribution is -0.138. The van der Waals surface area contributed by atoms with E-state index in [0.717, 1.165) is 6.07 Å². The molecule has 154 valence electrons. The second kappa shape index (κ2) is 8.03. The number of nitrogens with zero attached hydrogens (tertiary/aromatic N) is 2. The second-order valence-corrected chi connectivity index (χ2v) is 7.28. The van der Waals surface area contributed by atoms with E-state index in [0.29, 0.717) is 21.5 Å². The van der Waals surface area contributed by atoms with Crippen LogP contribution in [-0.4, -0.2) is 22.2 Å². The van der Waals surface area contributed by atoms with E-state index >= 15 is 0 Å². The Morgan fingerprint density at radius 3 is 2.55 bits per heavy atom. The minimum absolute atomic E-state index is 0.0184. The summed E-state index contributed by atoms with van der Waals surface area (Å²) in [7, 11) is 1.69. The van der Waals surface area contributed by atoms with Gasteiger partial charge in [-0.15, -0.1) is 0 Å². The number of aromatic nitrogens is 2. The highest BCUT2D eigenvalue weighted by Crippen LogP contribution is 2.41. The molecule has 10 heteroatoms. The molecule has 0 bridgehead atoms. The fourth-order valence-corrected chi connectivity index (χ4v) is 4.06. The number of benzene rings is 1. The molecule has 3 rings (SSSR count). The maximum atomic E-state index is 13.4. The van der Waals surface area contributed by atoms with Crippen LogP contribution >= 0.6 is 15.9 Å². The molecule has 0 saturated heterocycles. The van der Waals surface area contributed by atoms with E-state index in [2.05, 4.69) is 21.0 Å². The van der Waals surface area contributed by atoms with Crippen molar-refractivity contribution in [2.24, 2.45) is 18.5 Å². The number of halogens is 4. The summed E-state index contributed by atoms with van der Waals surface area (Å²) >= 11 is 3.42. The first-order chi connectivity index (χ1) is 13.6. The minimum Gasteiger partial charge on any atom is -0.448 e. The molecule has 2 heterocycles. The van der Waals surface area contributed by atoms with Crippen LogP contribution in [0.3, 0.4) is 0 Å². The molecule has 4 N–H and O–H groups in total. The van der Waals surface area contributed by atoms with Crippen LogP contribution in [0.5, 0.6) is 0 Å². The molecule has 0 aliphatic heterocycles. The number of primary amides is 1. The van der Waals surface area contributed by atoms with Crippen molar-refractivity contribution in [3.8, 4) is 11.5 Å². The Kier molecular flexibility index (Phi) is 5.85. The van der Waals surface area contributed by atoms with E-state index in [4.69, 9.17) is 15.9 Å². The average Bonchev–Trinajstić information content (AvgIpc) is 3.22. The number of alkyl halides is 3. The highest BCUT2D eigenvalue weighted by atomic mass is 79.9. The molecule has 0 radical (unpaired) electrons. The minimum atomic E-state index is -4.50. The molecule has 2 aromatic heterocycles. The lowest BCUT2D eigenvalue weighted by atomic mass is 9.89. The largest absolute Gasteiger partial charge is 0.448 e. The first-order valence-electron chi connectivity index (χ1n) is 8.60. The molecule has 6 nitrogen and oxygen atoms in total. The molecule has 1 atom stereocenters. The van der Waals surface area contributed by atoms with Crippen molar-refractivity contribution < 1.29 is 22.4 Å². The van der Waals surface area contributed by atoms with Gasteiger partial charge in [-0.1, -0.05) is 18.2 Å². The van der Waals surface area contributed by atoms with Crippen molar-refractivity contribution in [3.63, 3.8) is 0 Å². The number of hydrogen-bond donors (Lipinski definition) is 2. The molecular weight excluding hydrogens is 453 g/mol. The van der Waals surface area contributed by atoms with Gasteiger partial charge in [0.1, 0.15) is 5.69 Å². The predicted molar refractivity (Wildman–Crippen MR) is 104 cm³/mol. The molecule has 1 aromatic carbocycles. The highest BCUT2D eigenvalue weighted by molar-refractivity contribution is 9.10. The van der Waals surface area contributed by atoms with Gasteiger partial charge in [-0.3, -0.25) is 9.48 Å².